The van der Waals surface area contributed by atoms with Gasteiger partial charge >= 0.3 is 0 Å². The van der Waals surface area contributed by atoms with E-state index < -0.39 is 16.2 Å². The zero-order valence-corrected chi connectivity index (χ0v) is 15.6. The van der Waals surface area contributed by atoms with Gasteiger partial charge < -0.3 is 19.0 Å². The Labute approximate surface area is 147 Å². The lowest BCUT2D eigenvalue weighted by Gasteiger charge is -2.27. The Hall–Kier alpha value is -1.52. The minimum absolute atomic E-state index is 0.121. The first-order chi connectivity index (χ1) is 11.4. The van der Waals surface area contributed by atoms with Gasteiger partial charge in [0.2, 0.25) is 0 Å². The van der Waals surface area contributed by atoms with E-state index in [4.69, 9.17) is 23.2 Å². The van der Waals surface area contributed by atoms with Gasteiger partial charge in [-0.3, -0.25) is 4.18 Å². The monoisotopic (exact) mass is 421 g/mol. The van der Waals surface area contributed by atoms with E-state index in [-0.39, 0.29) is 19.1 Å². The van der Waals surface area contributed by atoms with Gasteiger partial charge in [-0.2, -0.15) is 8.42 Å². The molecule has 8 nitrogen and oxygen atoms in total. The third-order valence-electron chi connectivity index (χ3n) is 3.78. The molecular formula is C14H16BrNO7S. The summed E-state index contributed by atoms with van der Waals surface area (Å²) in [5, 5.41) is 4.10. The molecule has 1 aromatic rings. The van der Waals surface area contributed by atoms with Crippen LogP contribution in [0.25, 0.3) is 0 Å². The molecule has 0 radical (unpaired) electrons. The molecule has 132 valence electrons. The number of halogens is 1. The summed E-state index contributed by atoms with van der Waals surface area (Å²) in [6.45, 7) is 0.168. The van der Waals surface area contributed by atoms with Crippen molar-refractivity contribution in [1.29, 1.82) is 0 Å². The first-order valence-electron chi connectivity index (χ1n) is 7.01. The van der Waals surface area contributed by atoms with Gasteiger partial charge in [0, 0.05) is 5.56 Å². The molecule has 0 aliphatic carbocycles. The summed E-state index contributed by atoms with van der Waals surface area (Å²) in [6, 6.07) is 1.76. The Balaban J connectivity index is 1.92. The van der Waals surface area contributed by atoms with Crippen LogP contribution in [0.1, 0.15) is 5.56 Å². The number of hydrogen-bond donors (Lipinski definition) is 0. The average molecular weight is 422 g/mol. The molecule has 0 amide bonds. The molecule has 0 saturated carbocycles. The average Bonchev–Trinajstić information content (AvgIpc) is 2.95. The van der Waals surface area contributed by atoms with Gasteiger partial charge in [-0.05, 0) is 22.0 Å². The second-order valence-corrected chi connectivity index (χ2v) is 7.77. The van der Waals surface area contributed by atoms with Crippen molar-refractivity contribution in [2.24, 2.45) is 11.1 Å². The molecule has 0 bridgehead atoms. The molecule has 2 aliphatic heterocycles. The summed E-state index contributed by atoms with van der Waals surface area (Å²) in [4.78, 5) is 5.35. The molecular weight excluding hydrogens is 406 g/mol. The van der Waals surface area contributed by atoms with Crippen LogP contribution in [0.4, 0.5) is 0 Å². The Morgan fingerprint density at radius 2 is 2.12 bits per heavy atom. The van der Waals surface area contributed by atoms with E-state index in [1.165, 1.54) is 14.2 Å². The summed E-state index contributed by atoms with van der Waals surface area (Å²) in [7, 11) is -0.480. The zero-order chi connectivity index (χ0) is 17.5. The maximum absolute atomic E-state index is 11.2. The maximum Gasteiger partial charge on any atom is 0.264 e. The molecule has 0 aromatic heterocycles. The number of ether oxygens (including phenoxy) is 3. The molecule has 2 aliphatic rings. The summed E-state index contributed by atoms with van der Waals surface area (Å²) in [6.07, 6.45) is 0.458. The van der Waals surface area contributed by atoms with E-state index >= 15 is 0 Å². The quantitative estimate of drug-likeness (QED) is 0.665. The fourth-order valence-electron chi connectivity index (χ4n) is 2.65. The first-order valence-corrected chi connectivity index (χ1v) is 9.62. The van der Waals surface area contributed by atoms with Crippen LogP contribution in [-0.2, 0) is 19.1 Å². The summed E-state index contributed by atoms with van der Waals surface area (Å²) in [5.74, 6) is 1.39. The summed E-state index contributed by atoms with van der Waals surface area (Å²) >= 11 is 3.46. The van der Waals surface area contributed by atoms with Crippen LogP contribution in [0.3, 0.4) is 0 Å². The molecule has 0 fully saturated rings. The van der Waals surface area contributed by atoms with Crippen molar-refractivity contribution in [3.8, 4) is 17.2 Å². The fourth-order valence-corrected chi connectivity index (χ4v) is 3.72. The SMILES string of the molecule is COc1cc2c(c(Br)c1OC)OCC1C2=NOC1COS(C)(=O)=O. The third-order valence-corrected chi connectivity index (χ3v) is 5.07. The first kappa shape index (κ1) is 17.3. The van der Waals surface area contributed by atoms with Gasteiger partial charge in [0.25, 0.3) is 10.1 Å². The summed E-state index contributed by atoms with van der Waals surface area (Å²) in [5.41, 5.74) is 1.37. The van der Waals surface area contributed by atoms with Crippen LogP contribution in [0, 0.1) is 5.92 Å². The predicted octanol–water partition coefficient (Wildman–Crippen LogP) is 1.55. The van der Waals surface area contributed by atoms with Crippen LogP contribution < -0.4 is 14.2 Å². The van der Waals surface area contributed by atoms with Gasteiger partial charge in [-0.25, -0.2) is 0 Å². The van der Waals surface area contributed by atoms with Crippen molar-refractivity contribution in [2.45, 2.75) is 6.10 Å². The van der Waals surface area contributed by atoms with Crippen molar-refractivity contribution < 1.29 is 31.6 Å². The normalized spacial score (nSPS) is 21.9. The van der Waals surface area contributed by atoms with E-state index in [0.29, 0.717) is 33.0 Å². The lowest BCUT2D eigenvalue weighted by atomic mass is 9.90. The van der Waals surface area contributed by atoms with Crippen molar-refractivity contribution in [3.63, 3.8) is 0 Å². The highest BCUT2D eigenvalue weighted by Crippen LogP contribution is 2.47. The van der Waals surface area contributed by atoms with Crippen LogP contribution in [0.2, 0.25) is 0 Å². The summed E-state index contributed by atoms with van der Waals surface area (Å²) < 4.78 is 44.3. The predicted molar refractivity (Wildman–Crippen MR) is 88.4 cm³/mol. The molecule has 0 saturated heterocycles. The largest absolute Gasteiger partial charge is 0.493 e. The molecule has 3 rings (SSSR count). The van der Waals surface area contributed by atoms with Crippen molar-refractivity contribution in [3.05, 3.63) is 16.1 Å². The lowest BCUT2D eigenvalue weighted by molar-refractivity contribution is 0.0174. The molecule has 2 heterocycles. The number of nitrogens with zero attached hydrogens (tertiary/aromatic N) is 1. The lowest BCUT2D eigenvalue weighted by Crippen LogP contribution is -2.36. The number of fused-ring (bicyclic) bond motifs is 3. The number of hydrogen-bond acceptors (Lipinski definition) is 8. The van der Waals surface area contributed by atoms with Crippen LogP contribution in [0.15, 0.2) is 15.7 Å². The number of rotatable bonds is 5. The topological polar surface area (TPSA) is 92.7 Å². The second kappa shape index (κ2) is 6.41. The van der Waals surface area contributed by atoms with Crippen LogP contribution in [-0.4, -0.2) is 53.9 Å². The smallest absolute Gasteiger partial charge is 0.264 e. The molecule has 24 heavy (non-hydrogen) atoms. The number of oxime groups is 1. The highest BCUT2D eigenvalue weighted by Gasteiger charge is 2.42. The van der Waals surface area contributed by atoms with Gasteiger partial charge in [0.15, 0.2) is 17.6 Å². The van der Waals surface area contributed by atoms with Gasteiger partial charge in [0.1, 0.15) is 29.1 Å². The van der Waals surface area contributed by atoms with E-state index in [1.54, 1.807) is 6.07 Å². The molecule has 0 spiro atoms. The Morgan fingerprint density at radius 1 is 1.38 bits per heavy atom. The van der Waals surface area contributed by atoms with E-state index in [2.05, 4.69) is 21.1 Å². The van der Waals surface area contributed by atoms with E-state index in [9.17, 15) is 8.42 Å². The minimum atomic E-state index is -3.55. The second-order valence-electron chi connectivity index (χ2n) is 5.33. The van der Waals surface area contributed by atoms with E-state index in [1.807, 2.05) is 0 Å². The molecule has 2 unspecified atom stereocenters. The maximum atomic E-state index is 11.2. The van der Waals surface area contributed by atoms with Gasteiger partial charge in [-0.15, -0.1) is 0 Å². The molecule has 10 heteroatoms. The van der Waals surface area contributed by atoms with Gasteiger partial charge in [0.05, 0.1) is 26.4 Å². The van der Waals surface area contributed by atoms with Crippen molar-refractivity contribution in [1.82, 2.24) is 0 Å². The Bertz CT molecular complexity index is 793. The molecule has 1 aromatic carbocycles. The fraction of sp³-hybridized carbons (Fsp3) is 0.500. The number of methoxy groups -OCH3 is 2. The molecule has 0 N–H and O–H groups in total. The highest BCUT2D eigenvalue weighted by molar-refractivity contribution is 9.10. The van der Waals surface area contributed by atoms with Crippen LogP contribution >= 0.6 is 15.9 Å². The van der Waals surface area contributed by atoms with E-state index in [0.717, 1.165) is 6.26 Å². The Morgan fingerprint density at radius 3 is 2.75 bits per heavy atom. The van der Waals surface area contributed by atoms with Crippen LogP contribution in [0.5, 0.6) is 17.2 Å². The van der Waals surface area contributed by atoms with Crippen molar-refractivity contribution >= 4 is 31.8 Å². The zero-order valence-electron chi connectivity index (χ0n) is 13.2. The molecule has 2 atom stereocenters. The van der Waals surface area contributed by atoms with Crippen molar-refractivity contribution in [2.75, 3.05) is 33.7 Å². The standard InChI is InChI=1S/C14H16BrNO7S/c1-19-9-4-7-12-8(5-21-13(7)11(15)14(9)20-2)10(23-16-12)6-22-24(3,17)18/h4,8,10H,5-6H2,1-3H3. The van der Waals surface area contributed by atoms with Gasteiger partial charge in [-0.1, -0.05) is 5.16 Å². The third kappa shape index (κ3) is 3.05. The number of benzene rings is 1. The highest BCUT2D eigenvalue weighted by atomic mass is 79.9. The Kier molecular flexibility index (Phi) is 4.63. The minimum Gasteiger partial charge on any atom is -0.493 e.